The summed E-state index contributed by atoms with van der Waals surface area (Å²) in [4.78, 5) is 24.4. The van der Waals surface area contributed by atoms with E-state index in [1.165, 1.54) is 0 Å². The van der Waals surface area contributed by atoms with Gasteiger partial charge in [0.25, 0.3) is 0 Å². The highest BCUT2D eigenvalue weighted by Gasteiger charge is 2.30. The van der Waals surface area contributed by atoms with Gasteiger partial charge in [-0.25, -0.2) is 9.59 Å². The molecule has 0 unspecified atom stereocenters. The van der Waals surface area contributed by atoms with Crippen molar-refractivity contribution >= 4 is 12.1 Å². The monoisotopic (exact) mass is 431 g/mol. The first-order valence-corrected chi connectivity index (χ1v) is 10.5. The van der Waals surface area contributed by atoms with Gasteiger partial charge in [-0.05, 0) is 34.7 Å². The Bertz CT molecular complexity index is 1050. The molecule has 0 saturated carbocycles. The van der Waals surface area contributed by atoms with E-state index in [0.717, 1.165) is 27.8 Å². The number of carbonyl (C=O) groups is 2. The molecule has 0 saturated heterocycles. The van der Waals surface area contributed by atoms with Crippen LogP contribution in [0.5, 0.6) is 0 Å². The van der Waals surface area contributed by atoms with E-state index >= 15 is 0 Å². The molecular weight excluding hydrogens is 406 g/mol. The fraction of sp³-hybridized carbons (Fsp3) is 0.231. The Balaban J connectivity index is 1.30. The Morgan fingerprint density at radius 2 is 1.44 bits per heavy atom. The molecule has 1 aliphatic rings. The first-order valence-electron chi connectivity index (χ1n) is 10.5. The van der Waals surface area contributed by atoms with Crippen LogP contribution in [0.3, 0.4) is 0 Å². The van der Waals surface area contributed by atoms with Crippen LogP contribution < -0.4 is 5.73 Å². The van der Waals surface area contributed by atoms with Crippen molar-refractivity contribution < 1.29 is 23.8 Å². The van der Waals surface area contributed by atoms with Gasteiger partial charge in [-0.2, -0.15) is 0 Å². The molecule has 0 aromatic heterocycles. The van der Waals surface area contributed by atoms with Crippen LogP contribution in [-0.4, -0.2) is 30.9 Å². The first kappa shape index (κ1) is 21.7. The number of carbonyl (C=O) groups excluding carboxylic acids is 2. The van der Waals surface area contributed by atoms with Crippen molar-refractivity contribution in [1.29, 1.82) is 0 Å². The number of ether oxygens (including phenoxy) is 3. The summed E-state index contributed by atoms with van der Waals surface area (Å²) in [5, 5.41) is 0. The van der Waals surface area contributed by atoms with Gasteiger partial charge in [-0.1, -0.05) is 78.9 Å². The molecule has 0 radical (unpaired) electrons. The van der Waals surface area contributed by atoms with Crippen LogP contribution in [0.2, 0.25) is 0 Å². The molecule has 2 atom stereocenters. The molecule has 0 spiro atoms. The Kier molecular flexibility index (Phi) is 6.63. The minimum atomic E-state index is -1.11. The van der Waals surface area contributed by atoms with Crippen molar-refractivity contribution in [2.75, 3.05) is 6.61 Å². The van der Waals surface area contributed by atoms with Crippen molar-refractivity contribution in [3.63, 3.8) is 0 Å². The van der Waals surface area contributed by atoms with Crippen LogP contribution in [0.25, 0.3) is 11.1 Å². The number of fused-ring (bicyclic) bond motifs is 3. The molecule has 32 heavy (non-hydrogen) atoms. The van der Waals surface area contributed by atoms with Gasteiger partial charge in [0.2, 0.25) is 0 Å². The fourth-order valence-electron chi connectivity index (χ4n) is 3.87. The molecular formula is C26H25NO5. The van der Waals surface area contributed by atoms with Gasteiger partial charge in [0.05, 0.1) is 12.7 Å². The van der Waals surface area contributed by atoms with Gasteiger partial charge in [-0.3, -0.25) is 0 Å². The average molecular weight is 431 g/mol. The van der Waals surface area contributed by atoms with E-state index in [9.17, 15) is 9.59 Å². The topological polar surface area (TPSA) is 87.9 Å². The van der Waals surface area contributed by atoms with Gasteiger partial charge in [0, 0.05) is 5.92 Å². The summed E-state index contributed by atoms with van der Waals surface area (Å²) >= 11 is 0. The highest BCUT2D eigenvalue weighted by molar-refractivity contribution is 5.86. The van der Waals surface area contributed by atoms with E-state index < -0.39 is 24.3 Å². The maximum atomic E-state index is 12.3. The Labute approximate surface area is 186 Å². The first-order chi connectivity index (χ1) is 15.5. The standard InChI is InChI=1S/C26H25NO5/c1-17(30-15-18-9-3-2-4-10-18)24(27)25(28)32-26(29)31-16-23-21-13-7-5-11-19(21)20-12-6-8-14-22(20)23/h2-14,17,23-24H,15-16,27H2,1H3/t17-,24+/m1/s1. The summed E-state index contributed by atoms with van der Waals surface area (Å²) in [6, 6.07) is 24.4. The minimum absolute atomic E-state index is 0.0649. The second kappa shape index (κ2) is 9.77. The quantitative estimate of drug-likeness (QED) is 0.440. The summed E-state index contributed by atoms with van der Waals surface area (Å²) in [5.74, 6) is -1.00. The summed E-state index contributed by atoms with van der Waals surface area (Å²) < 4.78 is 15.7. The van der Waals surface area contributed by atoms with Gasteiger partial charge >= 0.3 is 12.1 Å². The highest BCUT2D eigenvalue weighted by Crippen LogP contribution is 2.44. The number of rotatable bonds is 7. The minimum Gasteiger partial charge on any atom is -0.433 e. The largest absolute Gasteiger partial charge is 0.516 e. The number of nitrogens with two attached hydrogens (primary N) is 1. The maximum Gasteiger partial charge on any atom is 0.516 e. The molecule has 164 valence electrons. The Hall–Kier alpha value is -3.48. The third kappa shape index (κ3) is 4.72. The molecule has 0 heterocycles. The number of esters is 1. The zero-order chi connectivity index (χ0) is 22.5. The average Bonchev–Trinajstić information content (AvgIpc) is 3.15. The Morgan fingerprint density at radius 3 is 2.06 bits per heavy atom. The van der Waals surface area contributed by atoms with Crippen molar-refractivity contribution in [1.82, 2.24) is 0 Å². The number of hydrogen-bond donors (Lipinski definition) is 1. The molecule has 1 aliphatic carbocycles. The SMILES string of the molecule is C[C@@H](OCc1ccccc1)[C@H](N)C(=O)OC(=O)OCC1c2ccccc2-c2ccccc21. The van der Waals surface area contributed by atoms with Crippen molar-refractivity contribution in [3.8, 4) is 11.1 Å². The number of hydrogen-bond acceptors (Lipinski definition) is 6. The van der Waals surface area contributed by atoms with Gasteiger partial charge in [0.15, 0.2) is 0 Å². The third-order valence-electron chi connectivity index (χ3n) is 5.65. The lowest BCUT2D eigenvalue weighted by molar-refractivity contribution is -0.145. The van der Waals surface area contributed by atoms with E-state index in [2.05, 4.69) is 0 Å². The molecule has 2 N–H and O–H groups in total. The Morgan fingerprint density at radius 1 is 0.875 bits per heavy atom. The van der Waals surface area contributed by atoms with Crippen LogP contribution >= 0.6 is 0 Å². The van der Waals surface area contributed by atoms with Crippen LogP contribution in [0.1, 0.15) is 29.5 Å². The van der Waals surface area contributed by atoms with Crippen LogP contribution in [-0.2, 0) is 25.6 Å². The lowest BCUT2D eigenvalue weighted by atomic mass is 9.98. The summed E-state index contributed by atoms with van der Waals surface area (Å²) in [5.41, 5.74) is 11.3. The predicted octanol–water partition coefficient (Wildman–Crippen LogP) is 4.41. The van der Waals surface area contributed by atoms with Crippen molar-refractivity contribution in [3.05, 3.63) is 95.6 Å². The van der Waals surface area contributed by atoms with Crippen LogP contribution in [0, 0.1) is 0 Å². The summed E-state index contributed by atoms with van der Waals surface area (Å²) in [6.45, 7) is 2.02. The zero-order valence-corrected chi connectivity index (χ0v) is 17.8. The van der Waals surface area contributed by atoms with E-state index in [4.69, 9.17) is 19.9 Å². The molecule has 6 nitrogen and oxygen atoms in total. The molecule has 4 rings (SSSR count). The molecule has 0 aliphatic heterocycles. The van der Waals surface area contributed by atoms with Gasteiger partial charge in [0.1, 0.15) is 12.6 Å². The second-order valence-electron chi connectivity index (χ2n) is 7.74. The lowest BCUT2D eigenvalue weighted by Crippen LogP contribution is -2.43. The summed E-state index contributed by atoms with van der Waals surface area (Å²) in [7, 11) is 0. The van der Waals surface area contributed by atoms with E-state index in [1.807, 2.05) is 78.9 Å². The van der Waals surface area contributed by atoms with Crippen molar-refractivity contribution in [2.45, 2.75) is 31.6 Å². The molecule has 0 amide bonds. The second-order valence-corrected chi connectivity index (χ2v) is 7.74. The molecule has 3 aromatic rings. The molecule has 0 bridgehead atoms. The third-order valence-corrected chi connectivity index (χ3v) is 5.65. The molecule has 3 aromatic carbocycles. The maximum absolute atomic E-state index is 12.3. The van der Waals surface area contributed by atoms with E-state index in [0.29, 0.717) is 6.61 Å². The van der Waals surface area contributed by atoms with E-state index in [-0.39, 0.29) is 12.5 Å². The number of benzene rings is 3. The van der Waals surface area contributed by atoms with E-state index in [1.54, 1.807) is 6.92 Å². The lowest BCUT2D eigenvalue weighted by Gasteiger charge is -2.19. The normalized spacial score (nSPS) is 14.2. The zero-order valence-electron chi connectivity index (χ0n) is 17.8. The fourth-order valence-corrected chi connectivity index (χ4v) is 3.87. The predicted molar refractivity (Wildman–Crippen MR) is 120 cm³/mol. The van der Waals surface area contributed by atoms with Crippen LogP contribution in [0.15, 0.2) is 78.9 Å². The highest BCUT2D eigenvalue weighted by atomic mass is 16.7. The van der Waals surface area contributed by atoms with Crippen LogP contribution in [0.4, 0.5) is 4.79 Å². The smallest absolute Gasteiger partial charge is 0.433 e. The van der Waals surface area contributed by atoms with Gasteiger partial charge in [-0.15, -0.1) is 0 Å². The molecule has 0 fully saturated rings. The molecule has 6 heteroatoms. The van der Waals surface area contributed by atoms with Crippen molar-refractivity contribution in [2.24, 2.45) is 5.73 Å². The summed E-state index contributed by atoms with van der Waals surface area (Å²) in [6.07, 6.45) is -1.70. The van der Waals surface area contributed by atoms with Gasteiger partial charge < -0.3 is 19.9 Å².